The van der Waals surface area contributed by atoms with Crippen molar-refractivity contribution in [2.45, 2.75) is 0 Å². The molecule has 0 spiro atoms. The average molecular weight is 255 g/mol. The molecule has 0 amide bonds. The lowest BCUT2D eigenvalue weighted by Gasteiger charge is -2.20. The smallest absolute Gasteiger partial charge is 0.122 e. The maximum Gasteiger partial charge on any atom is 0.122 e. The average Bonchev–Trinajstić information content (AvgIpc) is 2.46. The van der Waals surface area contributed by atoms with Gasteiger partial charge in [0, 0.05) is 24.0 Å². The number of hydrogen-bond acceptors (Lipinski definition) is 3. The van der Waals surface area contributed by atoms with Gasteiger partial charge in [-0.1, -0.05) is 0 Å². The lowest BCUT2D eigenvalue weighted by molar-refractivity contribution is 0.415. The summed E-state index contributed by atoms with van der Waals surface area (Å²) < 4.78 is 5.14. The first-order valence-corrected chi connectivity index (χ1v) is 5.94. The first-order valence-electron chi connectivity index (χ1n) is 5.94. The molecule has 0 saturated carbocycles. The fraction of sp³-hybridized carbons (Fsp3) is 0.133. The van der Waals surface area contributed by atoms with Crippen LogP contribution in [0.1, 0.15) is 5.56 Å². The van der Waals surface area contributed by atoms with Gasteiger partial charge in [0.25, 0.3) is 0 Å². The molecule has 3 N–H and O–H groups in total. The summed E-state index contributed by atoms with van der Waals surface area (Å²) in [6.07, 6.45) is 0. The summed E-state index contributed by atoms with van der Waals surface area (Å²) >= 11 is 0. The molecule has 2 rings (SSSR count). The van der Waals surface area contributed by atoms with E-state index in [9.17, 15) is 0 Å². The van der Waals surface area contributed by atoms with Gasteiger partial charge < -0.3 is 15.4 Å². The molecule has 0 aliphatic rings. The van der Waals surface area contributed by atoms with E-state index < -0.39 is 0 Å². The Morgan fingerprint density at radius 3 is 1.89 bits per heavy atom. The second-order valence-corrected chi connectivity index (χ2v) is 4.22. The molecule has 0 aliphatic carbocycles. The standard InChI is InChI=1S/C15H17N3O/c1-18(13-7-9-14(19-2)10-8-13)12-5-3-11(4-6-12)15(16)17/h3-10H,1-2H3,(H3,16,17). The van der Waals surface area contributed by atoms with Gasteiger partial charge in [0.05, 0.1) is 7.11 Å². The number of hydrogen-bond donors (Lipinski definition) is 2. The van der Waals surface area contributed by atoms with Crippen LogP contribution in [-0.4, -0.2) is 20.0 Å². The predicted molar refractivity (Wildman–Crippen MR) is 78.5 cm³/mol. The Balaban J connectivity index is 2.22. The molecule has 0 aromatic heterocycles. The maximum absolute atomic E-state index is 7.37. The predicted octanol–water partition coefficient (Wildman–Crippen LogP) is 2.75. The van der Waals surface area contributed by atoms with Crippen molar-refractivity contribution in [1.29, 1.82) is 5.41 Å². The van der Waals surface area contributed by atoms with Crippen molar-refractivity contribution in [3.63, 3.8) is 0 Å². The molecular weight excluding hydrogens is 238 g/mol. The van der Waals surface area contributed by atoms with E-state index in [4.69, 9.17) is 15.9 Å². The fourth-order valence-electron chi connectivity index (χ4n) is 1.82. The molecule has 2 aromatic carbocycles. The molecule has 0 heterocycles. The Kier molecular flexibility index (Phi) is 3.71. The van der Waals surface area contributed by atoms with Crippen LogP contribution >= 0.6 is 0 Å². The third-order valence-electron chi connectivity index (χ3n) is 3.03. The minimum absolute atomic E-state index is 0.0821. The number of nitrogens with two attached hydrogens (primary N) is 1. The second kappa shape index (κ2) is 5.44. The third kappa shape index (κ3) is 2.85. The number of rotatable bonds is 4. The molecule has 0 fully saturated rings. The summed E-state index contributed by atoms with van der Waals surface area (Å²) in [5, 5.41) is 7.37. The summed E-state index contributed by atoms with van der Waals surface area (Å²) in [5.74, 6) is 0.919. The molecular formula is C15H17N3O. The van der Waals surface area contributed by atoms with Crippen molar-refractivity contribution in [2.24, 2.45) is 5.73 Å². The topological polar surface area (TPSA) is 62.3 Å². The molecule has 0 aliphatic heterocycles. The van der Waals surface area contributed by atoms with Crippen molar-refractivity contribution in [3.05, 3.63) is 54.1 Å². The van der Waals surface area contributed by atoms with Crippen molar-refractivity contribution >= 4 is 17.2 Å². The Morgan fingerprint density at radius 1 is 1.00 bits per heavy atom. The molecule has 2 aromatic rings. The van der Waals surface area contributed by atoms with Crippen LogP contribution in [0.3, 0.4) is 0 Å². The van der Waals surface area contributed by atoms with E-state index in [1.807, 2.05) is 55.6 Å². The van der Waals surface area contributed by atoms with Gasteiger partial charge >= 0.3 is 0 Å². The van der Waals surface area contributed by atoms with E-state index >= 15 is 0 Å². The maximum atomic E-state index is 7.37. The Morgan fingerprint density at radius 2 is 1.47 bits per heavy atom. The number of ether oxygens (including phenoxy) is 1. The largest absolute Gasteiger partial charge is 0.497 e. The van der Waals surface area contributed by atoms with Crippen LogP contribution < -0.4 is 15.4 Å². The molecule has 4 heteroatoms. The number of nitrogens with one attached hydrogen (secondary N) is 1. The van der Waals surface area contributed by atoms with Gasteiger partial charge in [0.1, 0.15) is 11.6 Å². The molecule has 0 radical (unpaired) electrons. The van der Waals surface area contributed by atoms with Crippen LogP contribution in [0.15, 0.2) is 48.5 Å². The quantitative estimate of drug-likeness (QED) is 0.652. The summed E-state index contributed by atoms with van der Waals surface area (Å²) in [7, 11) is 3.64. The van der Waals surface area contributed by atoms with Crippen molar-refractivity contribution in [1.82, 2.24) is 0 Å². The molecule has 0 saturated heterocycles. The van der Waals surface area contributed by atoms with E-state index in [0.29, 0.717) is 0 Å². The van der Waals surface area contributed by atoms with Gasteiger partial charge in [0.2, 0.25) is 0 Å². The van der Waals surface area contributed by atoms with Gasteiger partial charge in [-0.2, -0.15) is 0 Å². The van der Waals surface area contributed by atoms with Crippen LogP contribution in [0.4, 0.5) is 11.4 Å². The van der Waals surface area contributed by atoms with Gasteiger partial charge in [-0.05, 0) is 48.5 Å². The lowest BCUT2D eigenvalue weighted by Crippen LogP contribution is -2.12. The van der Waals surface area contributed by atoms with E-state index in [-0.39, 0.29) is 5.84 Å². The van der Waals surface area contributed by atoms with E-state index in [1.165, 1.54) is 0 Å². The van der Waals surface area contributed by atoms with Gasteiger partial charge in [-0.15, -0.1) is 0 Å². The highest BCUT2D eigenvalue weighted by Gasteiger charge is 2.04. The van der Waals surface area contributed by atoms with Crippen LogP contribution in [0.5, 0.6) is 5.75 Å². The normalized spacial score (nSPS) is 10.0. The first-order chi connectivity index (χ1) is 9.11. The second-order valence-electron chi connectivity index (χ2n) is 4.22. The number of benzene rings is 2. The minimum atomic E-state index is 0.0821. The summed E-state index contributed by atoms with van der Waals surface area (Å²) in [6, 6.07) is 15.4. The third-order valence-corrected chi connectivity index (χ3v) is 3.03. The highest BCUT2D eigenvalue weighted by molar-refractivity contribution is 5.95. The minimum Gasteiger partial charge on any atom is -0.497 e. The van der Waals surface area contributed by atoms with Gasteiger partial charge in [0.15, 0.2) is 0 Å². The number of anilines is 2. The van der Waals surface area contributed by atoms with Crippen LogP contribution in [0, 0.1) is 5.41 Å². The van der Waals surface area contributed by atoms with Crippen molar-refractivity contribution in [3.8, 4) is 5.75 Å². The zero-order chi connectivity index (χ0) is 13.8. The zero-order valence-electron chi connectivity index (χ0n) is 11.1. The molecule has 4 nitrogen and oxygen atoms in total. The zero-order valence-corrected chi connectivity index (χ0v) is 11.1. The summed E-state index contributed by atoms with van der Waals surface area (Å²) in [4.78, 5) is 2.06. The highest BCUT2D eigenvalue weighted by atomic mass is 16.5. The SMILES string of the molecule is COc1ccc(N(C)c2ccc(C(=N)N)cc2)cc1. The Hall–Kier alpha value is -2.49. The number of methoxy groups -OCH3 is 1. The lowest BCUT2D eigenvalue weighted by atomic mass is 10.1. The van der Waals surface area contributed by atoms with E-state index in [1.54, 1.807) is 7.11 Å². The molecule has 0 unspecified atom stereocenters. The van der Waals surface area contributed by atoms with Crippen LogP contribution in [0.25, 0.3) is 0 Å². The van der Waals surface area contributed by atoms with Gasteiger partial charge in [-0.3, -0.25) is 5.41 Å². The first kappa shape index (κ1) is 13.0. The summed E-state index contributed by atoms with van der Waals surface area (Å²) in [5.41, 5.74) is 8.27. The highest BCUT2D eigenvalue weighted by Crippen LogP contribution is 2.25. The van der Waals surface area contributed by atoms with Crippen molar-refractivity contribution in [2.75, 3.05) is 19.1 Å². The Labute approximate surface area is 112 Å². The van der Waals surface area contributed by atoms with Crippen LogP contribution in [0.2, 0.25) is 0 Å². The molecule has 19 heavy (non-hydrogen) atoms. The molecule has 98 valence electrons. The van der Waals surface area contributed by atoms with Gasteiger partial charge in [-0.25, -0.2) is 0 Å². The van der Waals surface area contributed by atoms with Crippen LogP contribution in [-0.2, 0) is 0 Å². The number of amidine groups is 1. The summed E-state index contributed by atoms with van der Waals surface area (Å²) in [6.45, 7) is 0. The fourth-order valence-corrected chi connectivity index (χ4v) is 1.82. The van der Waals surface area contributed by atoms with E-state index in [2.05, 4.69) is 4.90 Å². The molecule has 0 atom stereocenters. The van der Waals surface area contributed by atoms with E-state index in [0.717, 1.165) is 22.7 Å². The molecule has 0 bridgehead atoms. The number of nitrogens with zero attached hydrogens (tertiary/aromatic N) is 1. The van der Waals surface area contributed by atoms with Crippen molar-refractivity contribution < 1.29 is 4.74 Å². The monoisotopic (exact) mass is 255 g/mol. The number of nitrogen functional groups attached to an aromatic ring is 1. The Bertz CT molecular complexity index is 561.